The number of benzene rings is 2. The molecule has 29 heavy (non-hydrogen) atoms. The molecule has 1 heterocycles. The average Bonchev–Trinajstić information content (AvgIpc) is 2.76. The molecule has 1 aliphatic rings. The molecule has 3 rings (SSSR count). The highest BCUT2D eigenvalue weighted by Gasteiger charge is 2.34. The number of hydrogen-bond acceptors (Lipinski definition) is 5. The van der Waals surface area contributed by atoms with Gasteiger partial charge >= 0.3 is 5.97 Å². The predicted octanol–water partition coefficient (Wildman–Crippen LogP) is 4.02. The molecule has 158 valence electrons. The molecule has 0 spiro atoms. The van der Waals surface area contributed by atoms with E-state index in [0.717, 1.165) is 24.0 Å². The number of cyclic esters (lactones) is 1. The van der Waals surface area contributed by atoms with Crippen molar-refractivity contribution in [2.75, 3.05) is 0 Å². The minimum Gasteiger partial charge on any atom is -0.459 e. The molecule has 0 bridgehead atoms. The van der Waals surface area contributed by atoms with Gasteiger partial charge in [-0.3, -0.25) is 4.79 Å². The molecule has 0 unspecified atom stereocenters. The van der Waals surface area contributed by atoms with Crippen LogP contribution >= 0.6 is 12.4 Å². The molecular formula is C23H30ClNO4. The van der Waals surface area contributed by atoms with Crippen molar-refractivity contribution in [1.29, 1.82) is 0 Å². The number of halogens is 1. The van der Waals surface area contributed by atoms with Crippen molar-refractivity contribution in [2.24, 2.45) is 5.73 Å². The molecule has 4 atom stereocenters. The second kappa shape index (κ2) is 11.9. The lowest BCUT2D eigenvalue weighted by Gasteiger charge is -2.31. The van der Waals surface area contributed by atoms with E-state index in [2.05, 4.69) is 0 Å². The summed E-state index contributed by atoms with van der Waals surface area (Å²) in [5.74, 6) is -0.371. The van der Waals surface area contributed by atoms with Crippen molar-refractivity contribution in [3.05, 3.63) is 71.8 Å². The molecule has 0 radical (unpaired) electrons. The Morgan fingerprint density at radius 1 is 0.931 bits per heavy atom. The zero-order chi connectivity index (χ0) is 19.8. The van der Waals surface area contributed by atoms with E-state index in [4.69, 9.17) is 19.9 Å². The van der Waals surface area contributed by atoms with Crippen molar-refractivity contribution >= 4 is 18.4 Å². The zero-order valence-corrected chi connectivity index (χ0v) is 17.6. The van der Waals surface area contributed by atoms with E-state index in [1.54, 1.807) is 0 Å². The third kappa shape index (κ3) is 7.12. The fraction of sp³-hybridized carbons (Fsp3) is 0.435. The Morgan fingerprint density at radius 3 is 2.07 bits per heavy atom. The topological polar surface area (TPSA) is 70.8 Å². The van der Waals surface area contributed by atoms with Gasteiger partial charge in [-0.1, -0.05) is 60.7 Å². The molecule has 2 N–H and O–H groups in total. The van der Waals surface area contributed by atoms with Crippen LogP contribution in [-0.4, -0.2) is 30.3 Å². The zero-order valence-electron chi connectivity index (χ0n) is 16.7. The maximum absolute atomic E-state index is 12.2. The molecule has 0 aliphatic carbocycles. The first-order chi connectivity index (χ1) is 13.6. The first kappa shape index (κ1) is 23.4. The van der Waals surface area contributed by atoms with Gasteiger partial charge in [0.15, 0.2) is 0 Å². The fourth-order valence-corrected chi connectivity index (χ4v) is 3.43. The van der Waals surface area contributed by atoms with Crippen LogP contribution in [0, 0.1) is 0 Å². The smallest absolute Gasteiger partial charge is 0.323 e. The molecule has 2 aromatic carbocycles. The lowest BCUT2D eigenvalue weighted by molar-refractivity contribution is -0.169. The highest BCUT2D eigenvalue weighted by molar-refractivity contribution is 5.85. The summed E-state index contributed by atoms with van der Waals surface area (Å²) < 4.78 is 18.1. The summed E-state index contributed by atoms with van der Waals surface area (Å²) in [6.45, 7) is 2.78. The maximum atomic E-state index is 12.2. The number of esters is 1. The van der Waals surface area contributed by atoms with Crippen LogP contribution in [0.15, 0.2) is 60.7 Å². The molecule has 0 amide bonds. The van der Waals surface area contributed by atoms with Crippen molar-refractivity contribution in [1.82, 2.24) is 0 Å². The van der Waals surface area contributed by atoms with Gasteiger partial charge in [-0.25, -0.2) is 0 Å². The highest BCUT2D eigenvalue weighted by atomic mass is 35.5. The first-order valence-electron chi connectivity index (χ1n) is 9.90. The number of carbonyl (C=O) groups excluding carboxylic acids is 1. The monoisotopic (exact) mass is 419 g/mol. The SMILES string of the molecule is C[C@@H]1OC(=O)[C@@H](N)CCC[C@H](OCc2ccccc2)[C@H]1OCc1ccccc1.Cl. The summed E-state index contributed by atoms with van der Waals surface area (Å²) in [6.07, 6.45) is 1.15. The number of nitrogens with two attached hydrogens (primary N) is 1. The summed E-state index contributed by atoms with van der Waals surface area (Å²) >= 11 is 0. The van der Waals surface area contributed by atoms with E-state index in [1.807, 2.05) is 67.6 Å². The highest BCUT2D eigenvalue weighted by Crippen LogP contribution is 2.23. The molecule has 1 saturated heterocycles. The largest absolute Gasteiger partial charge is 0.459 e. The van der Waals surface area contributed by atoms with Gasteiger partial charge in [-0.15, -0.1) is 12.4 Å². The molecular weight excluding hydrogens is 390 g/mol. The van der Waals surface area contributed by atoms with Crippen molar-refractivity contribution < 1.29 is 19.0 Å². The number of ether oxygens (including phenoxy) is 3. The Morgan fingerprint density at radius 2 is 1.48 bits per heavy atom. The standard InChI is InChI=1S/C23H29NO4.ClH/c1-17-22(27-16-19-11-6-3-7-12-19)21(14-8-13-20(24)23(25)28-17)26-15-18-9-4-2-5-10-18;/h2-7,9-12,17,20-22H,8,13-16,24H2,1H3;1H/t17-,20-,21-,22-;/m0./s1. The summed E-state index contributed by atoms with van der Waals surface area (Å²) in [5, 5.41) is 0. The van der Waals surface area contributed by atoms with Crippen LogP contribution in [0.2, 0.25) is 0 Å². The van der Waals surface area contributed by atoms with Crippen LogP contribution in [0.3, 0.4) is 0 Å². The summed E-state index contributed by atoms with van der Waals surface area (Å²) in [6, 6.07) is 19.4. The molecule has 5 nitrogen and oxygen atoms in total. The third-order valence-corrected chi connectivity index (χ3v) is 5.03. The lowest BCUT2D eigenvalue weighted by Crippen LogP contribution is -2.43. The van der Waals surface area contributed by atoms with Crippen molar-refractivity contribution in [3.63, 3.8) is 0 Å². The Kier molecular flexibility index (Phi) is 9.61. The van der Waals surface area contributed by atoms with Gasteiger partial charge in [0.1, 0.15) is 18.2 Å². The first-order valence-corrected chi connectivity index (χ1v) is 9.90. The summed E-state index contributed by atoms with van der Waals surface area (Å²) in [4.78, 5) is 12.2. The molecule has 2 aromatic rings. The van der Waals surface area contributed by atoms with Gasteiger partial charge < -0.3 is 19.9 Å². The van der Waals surface area contributed by atoms with Gasteiger partial charge in [-0.05, 0) is 37.3 Å². The summed E-state index contributed by atoms with van der Waals surface area (Å²) in [7, 11) is 0. The second-order valence-corrected chi connectivity index (χ2v) is 7.28. The Labute approximate surface area is 178 Å². The minimum absolute atomic E-state index is 0. The van der Waals surface area contributed by atoms with Crippen LogP contribution in [0.25, 0.3) is 0 Å². The molecule has 1 aliphatic heterocycles. The molecule has 0 saturated carbocycles. The molecule has 1 fully saturated rings. The van der Waals surface area contributed by atoms with E-state index in [-0.39, 0.29) is 30.6 Å². The normalized spacial score (nSPS) is 25.1. The maximum Gasteiger partial charge on any atom is 0.323 e. The van der Waals surface area contributed by atoms with Crippen LogP contribution in [-0.2, 0) is 32.2 Å². The number of rotatable bonds is 6. The average molecular weight is 420 g/mol. The van der Waals surface area contributed by atoms with Crippen LogP contribution in [0.5, 0.6) is 0 Å². The minimum atomic E-state index is -0.593. The van der Waals surface area contributed by atoms with E-state index in [0.29, 0.717) is 19.6 Å². The molecule has 0 aromatic heterocycles. The van der Waals surface area contributed by atoms with Gasteiger partial charge in [0.25, 0.3) is 0 Å². The van der Waals surface area contributed by atoms with Crippen molar-refractivity contribution in [3.8, 4) is 0 Å². The Balaban J connectivity index is 0.00000300. The van der Waals surface area contributed by atoms with Crippen LogP contribution in [0.1, 0.15) is 37.3 Å². The van der Waals surface area contributed by atoms with Gasteiger partial charge in [0, 0.05) is 0 Å². The number of carbonyl (C=O) groups is 1. The fourth-order valence-electron chi connectivity index (χ4n) is 3.43. The molecule has 6 heteroatoms. The quantitative estimate of drug-likeness (QED) is 0.716. The predicted molar refractivity (Wildman–Crippen MR) is 115 cm³/mol. The van der Waals surface area contributed by atoms with Gasteiger partial charge in [0.2, 0.25) is 0 Å². The Hall–Kier alpha value is -1.92. The van der Waals surface area contributed by atoms with Crippen LogP contribution in [0.4, 0.5) is 0 Å². The third-order valence-electron chi connectivity index (χ3n) is 5.03. The summed E-state index contributed by atoms with van der Waals surface area (Å²) in [5.41, 5.74) is 8.12. The van der Waals surface area contributed by atoms with E-state index < -0.39 is 12.1 Å². The van der Waals surface area contributed by atoms with E-state index in [1.165, 1.54) is 0 Å². The Bertz CT molecular complexity index is 728. The van der Waals surface area contributed by atoms with Gasteiger partial charge in [-0.2, -0.15) is 0 Å². The van der Waals surface area contributed by atoms with Crippen LogP contribution < -0.4 is 5.73 Å². The number of hydrogen-bond donors (Lipinski definition) is 1. The second-order valence-electron chi connectivity index (χ2n) is 7.28. The van der Waals surface area contributed by atoms with Crippen molar-refractivity contribution in [2.45, 2.75) is 63.8 Å². The van der Waals surface area contributed by atoms with Gasteiger partial charge in [0.05, 0.1) is 19.3 Å². The van der Waals surface area contributed by atoms with E-state index in [9.17, 15) is 4.79 Å². The lowest BCUT2D eigenvalue weighted by atomic mass is 10.0. The van der Waals surface area contributed by atoms with E-state index >= 15 is 0 Å².